The fourth-order valence-corrected chi connectivity index (χ4v) is 3.48. The van der Waals surface area contributed by atoms with E-state index in [0.29, 0.717) is 6.42 Å². The van der Waals surface area contributed by atoms with Gasteiger partial charge >= 0.3 is 0 Å². The molecule has 0 fully saturated rings. The smallest absolute Gasteiger partial charge is 0.243 e. The Morgan fingerprint density at radius 3 is 2.52 bits per heavy atom. The lowest BCUT2D eigenvalue weighted by Gasteiger charge is -2.17. The second kappa shape index (κ2) is 10.4. The second-order valence-electron chi connectivity index (χ2n) is 6.52. The van der Waals surface area contributed by atoms with Gasteiger partial charge in [0.15, 0.2) is 0 Å². The van der Waals surface area contributed by atoms with Crippen LogP contribution in [0.1, 0.15) is 24.0 Å². The van der Waals surface area contributed by atoms with Crippen LogP contribution < -0.4 is 5.32 Å². The number of amides is 2. The van der Waals surface area contributed by atoms with Crippen LogP contribution in [0.3, 0.4) is 0 Å². The molecule has 0 aromatic heterocycles. The molecule has 0 bridgehead atoms. The lowest BCUT2D eigenvalue weighted by atomic mass is 10.1. The van der Waals surface area contributed by atoms with E-state index in [-0.39, 0.29) is 18.4 Å². The molecule has 6 heteroatoms. The van der Waals surface area contributed by atoms with Crippen molar-refractivity contribution in [3.05, 3.63) is 58.6 Å². The molecular weight excluding hydrogens is 380 g/mol. The molecule has 0 heterocycles. The number of hydrogen-bond acceptors (Lipinski definition) is 3. The highest BCUT2D eigenvalue weighted by Gasteiger charge is 2.13. The molecule has 0 aliphatic rings. The van der Waals surface area contributed by atoms with Crippen molar-refractivity contribution in [2.75, 3.05) is 24.7 Å². The summed E-state index contributed by atoms with van der Waals surface area (Å²) in [4.78, 5) is 27.1. The molecule has 1 N–H and O–H groups in total. The van der Waals surface area contributed by atoms with E-state index in [2.05, 4.69) is 5.32 Å². The second-order valence-corrected chi connectivity index (χ2v) is 8.13. The summed E-state index contributed by atoms with van der Waals surface area (Å²) in [6, 6.07) is 13.6. The summed E-state index contributed by atoms with van der Waals surface area (Å²) in [6.45, 7) is 3.98. The predicted octanol–water partition coefficient (Wildman–Crippen LogP) is 4.93. The molecule has 0 unspecified atom stereocenters. The summed E-state index contributed by atoms with van der Waals surface area (Å²) in [6.07, 6.45) is 1.18. The highest BCUT2D eigenvalue weighted by Crippen LogP contribution is 2.21. The van der Waals surface area contributed by atoms with Crippen molar-refractivity contribution < 1.29 is 9.59 Å². The van der Waals surface area contributed by atoms with Gasteiger partial charge in [-0.25, -0.2) is 0 Å². The van der Waals surface area contributed by atoms with Crippen LogP contribution in [0.15, 0.2) is 47.4 Å². The standard InChI is InChI=1S/C21H25ClN2O2S/c1-15-6-7-16(2)19(13-15)23-20(25)14-24(3)21(26)5-4-12-27-18-10-8-17(22)9-11-18/h6-11,13H,4-5,12,14H2,1-3H3,(H,23,25). The molecule has 0 aliphatic heterocycles. The number of carbonyl (C=O) groups excluding carboxylic acids is 2. The van der Waals surface area contributed by atoms with Gasteiger partial charge in [-0.15, -0.1) is 11.8 Å². The van der Waals surface area contributed by atoms with E-state index in [0.717, 1.165) is 38.9 Å². The average Bonchev–Trinajstić information content (AvgIpc) is 2.63. The number of anilines is 1. The lowest BCUT2D eigenvalue weighted by molar-refractivity contribution is -0.133. The fraction of sp³-hybridized carbons (Fsp3) is 0.333. The molecule has 2 aromatic carbocycles. The Morgan fingerprint density at radius 1 is 1.11 bits per heavy atom. The Morgan fingerprint density at radius 2 is 1.81 bits per heavy atom. The number of hydrogen-bond donors (Lipinski definition) is 1. The number of nitrogens with zero attached hydrogens (tertiary/aromatic N) is 1. The van der Waals surface area contributed by atoms with E-state index < -0.39 is 0 Å². The summed E-state index contributed by atoms with van der Waals surface area (Å²) in [5.74, 6) is 0.633. The van der Waals surface area contributed by atoms with Gasteiger partial charge in [-0.3, -0.25) is 9.59 Å². The zero-order chi connectivity index (χ0) is 19.8. The molecule has 2 amide bonds. The van der Waals surface area contributed by atoms with Crippen LogP contribution in [-0.4, -0.2) is 36.1 Å². The Hall–Kier alpha value is -1.98. The van der Waals surface area contributed by atoms with E-state index >= 15 is 0 Å². The third-order valence-corrected chi connectivity index (χ3v) is 5.44. The predicted molar refractivity (Wildman–Crippen MR) is 114 cm³/mol. The molecule has 27 heavy (non-hydrogen) atoms. The zero-order valence-electron chi connectivity index (χ0n) is 15.9. The molecule has 2 aromatic rings. The quantitative estimate of drug-likeness (QED) is 0.501. The summed E-state index contributed by atoms with van der Waals surface area (Å²) in [7, 11) is 1.66. The van der Waals surface area contributed by atoms with Crippen molar-refractivity contribution in [2.45, 2.75) is 31.6 Å². The molecule has 4 nitrogen and oxygen atoms in total. The minimum Gasteiger partial charge on any atom is -0.336 e. The first-order valence-electron chi connectivity index (χ1n) is 8.84. The largest absolute Gasteiger partial charge is 0.336 e. The first-order valence-corrected chi connectivity index (χ1v) is 10.2. The number of rotatable bonds is 8. The number of aryl methyl sites for hydroxylation is 2. The van der Waals surface area contributed by atoms with Gasteiger partial charge in [-0.1, -0.05) is 23.7 Å². The van der Waals surface area contributed by atoms with E-state index in [9.17, 15) is 9.59 Å². The number of halogens is 1. The number of nitrogens with one attached hydrogen (secondary N) is 1. The minimum atomic E-state index is -0.185. The first-order chi connectivity index (χ1) is 12.8. The zero-order valence-corrected chi connectivity index (χ0v) is 17.5. The molecule has 2 rings (SSSR count). The van der Waals surface area contributed by atoms with Crippen molar-refractivity contribution in [3.8, 4) is 0 Å². The molecule has 0 saturated heterocycles. The van der Waals surface area contributed by atoms with Gasteiger partial charge in [0.1, 0.15) is 0 Å². The Kier molecular flexibility index (Phi) is 8.20. The first kappa shape index (κ1) is 21.3. The molecule has 0 atom stereocenters. The average molecular weight is 405 g/mol. The third kappa shape index (κ3) is 7.27. The van der Waals surface area contributed by atoms with Gasteiger partial charge in [0.2, 0.25) is 11.8 Å². The van der Waals surface area contributed by atoms with Gasteiger partial charge in [0.05, 0.1) is 6.54 Å². The summed E-state index contributed by atoms with van der Waals surface area (Å²) in [5.41, 5.74) is 2.88. The monoisotopic (exact) mass is 404 g/mol. The van der Waals surface area contributed by atoms with Crippen molar-refractivity contribution in [3.63, 3.8) is 0 Å². The normalized spacial score (nSPS) is 10.5. The Labute approximate surface area is 170 Å². The molecule has 144 valence electrons. The Bertz CT molecular complexity index is 793. The maximum Gasteiger partial charge on any atom is 0.243 e. The number of thioether (sulfide) groups is 1. The number of likely N-dealkylation sites (N-methyl/N-ethyl adjacent to an activating group) is 1. The van der Waals surface area contributed by atoms with Crippen molar-refractivity contribution >= 4 is 40.9 Å². The summed E-state index contributed by atoms with van der Waals surface area (Å²) in [5, 5.41) is 3.60. The third-order valence-electron chi connectivity index (χ3n) is 4.09. The van der Waals surface area contributed by atoms with Gasteiger partial charge in [-0.05, 0) is 67.5 Å². The fourth-order valence-electron chi connectivity index (χ4n) is 2.50. The SMILES string of the molecule is Cc1ccc(C)c(NC(=O)CN(C)C(=O)CCCSc2ccc(Cl)cc2)c1. The number of benzene rings is 2. The van der Waals surface area contributed by atoms with Crippen molar-refractivity contribution in [1.82, 2.24) is 4.90 Å². The topological polar surface area (TPSA) is 49.4 Å². The van der Waals surface area contributed by atoms with Crippen molar-refractivity contribution in [1.29, 1.82) is 0 Å². The lowest BCUT2D eigenvalue weighted by Crippen LogP contribution is -2.35. The van der Waals surface area contributed by atoms with Crippen LogP contribution in [0.4, 0.5) is 5.69 Å². The van der Waals surface area contributed by atoms with Gasteiger partial charge in [-0.2, -0.15) is 0 Å². The van der Waals surface area contributed by atoms with Gasteiger partial charge in [0, 0.05) is 29.1 Å². The van der Waals surface area contributed by atoms with Gasteiger partial charge < -0.3 is 10.2 Å². The van der Waals surface area contributed by atoms with E-state index in [1.165, 1.54) is 4.90 Å². The van der Waals surface area contributed by atoms with Crippen LogP contribution in [0.25, 0.3) is 0 Å². The van der Waals surface area contributed by atoms with E-state index in [1.54, 1.807) is 18.8 Å². The maximum absolute atomic E-state index is 12.2. The molecule has 0 saturated carbocycles. The van der Waals surface area contributed by atoms with E-state index in [4.69, 9.17) is 11.6 Å². The highest BCUT2D eigenvalue weighted by atomic mass is 35.5. The summed E-state index contributed by atoms with van der Waals surface area (Å²) < 4.78 is 0. The van der Waals surface area contributed by atoms with Crippen molar-refractivity contribution in [2.24, 2.45) is 0 Å². The van der Waals surface area contributed by atoms with Crippen LogP contribution >= 0.6 is 23.4 Å². The van der Waals surface area contributed by atoms with Crippen LogP contribution in [0.5, 0.6) is 0 Å². The number of carbonyl (C=O) groups is 2. The van der Waals surface area contributed by atoms with E-state index in [1.807, 2.05) is 56.3 Å². The highest BCUT2D eigenvalue weighted by molar-refractivity contribution is 7.99. The Balaban J connectivity index is 1.72. The molecule has 0 spiro atoms. The van der Waals surface area contributed by atoms with Gasteiger partial charge in [0.25, 0.3) is 0 Å². The maximum atomic E-state index is 12.2. The van der Waals surface area contributed by atoms with Crippen LogP contribution in [-0.2, 0) is 9.59 Å². The minimum absolute atomic E-state index is 0.0252. The summed E-state index contributed by atoms with van der Waals surface area (Å²) >= 11 is 7.56. The molecule has 0 radical (unpaired) electrons. The molecular formula is C21H25ClN2O2S. The van der Waals surface area contributed by atoms with Crippen LogP contribution in [0, 0.1) is 13.8 Å². The molecule has 0 aliphatic carbocycles. The van der Waals surface area contributed by atoms with Crippen LogP contribution in [0.2, 0.25) is 5.02 Å².